The minimum atomic E-state index is -3.81. The molecule has 2 heterocycles. The van der Waals surface area contributed by atoms with Gasteiger partial charge in [0, 0.05) is 18.0 Å². The molecule has 7 nitrogen and oxygen atoms in total. The number of nitrogens with one attached hydrogen (secondary N) is 1. The summed E-state index contributed by atoms with van der Waals surface area (Å²) in [5, 5.41) is 12.0. The SMILES string of the molecule is Cc1ccsc1C(O)CNS(=O)(=O)c1ccc(N2CCCCS2(=O)=O)cc1. The summed E-state index contributed by atoms with van der Waals surface area (Å²) in [7, 11) is -7.15. The molecule has 0 bridgehead atoms. The monoisotopic (exact) mass is 430 g/mol. The maximum atomic E-state index is 12.5. The molecule has 1 aromatic heterocycles. The first-order chi connectivity index (χ1) is 12.7. The highest BCUT2D eigenvalue weighted by Crippen LogP contribution is 2.26. The van der Waals surface area contributed by atoms with Gasteiger partial charge in [-0.2, -0.15) is 0 Å². The second-order valence-corrected chi connectivity index (χ2v) is 11.2. The minimum absolute atomic E-state index is 0.0239. The van der Waals surface area contributed by atoms with Crippen LogP contribution in [-0.2, 0) is 20.0 Å². The number of thiophene rings is 1. The van der Waals surface area contributed by atoms with Gasteiger partial charge in [0.25, 0.3) is 0 Å². The van der Waals surface area contributed by atoms with E-state index in [0.717, 1.165) is 16.9 Å². The molecule has 1 aromatic carbocycles. The molecule has 0 spiro atoms. The van der Waals surface area contributed by atoms with Gasteiger partial charge in [0.15, 0.2) is 0 Å². The van der Waals surface area contributed by atoms with Crippen LogP contribution in [0.15, 0.2) is 40.6 Å². The first kappa shape index (κ1) is 20.3. The van der Waals surface area contributed by atoms with Crippen LogP contribution in [0.5, 0.6) is 0 Å². The summed E-state index contributed by atoms with van der Waals surface area (Å²) in [5.74, 6) is 0.106. The average Bonchev–Trinajstić information content (AvgIpc) is 3.06. The quantitative estimate of drug-likeness (QED) is 0.729. The average molecular weight is 431 g/mol. The first-order valence-corrected chi connectivity index (χ1v) is 12.5. The molecule has 10 heteroatoms. The summed E-state index contributed by atoms with van der Waals surface area (Å²) in [5.41, 5.74) is 1.38. The molecule has 2 N–H and O–H groups in total. The van der Waals surface area contributed by atoms with E-state index in [1.165, 1.54) is 39.9 Å². The Hall–Kier alpha value is -1.46. The maximum Gasteiger partial charge on any atom is 0.240 e. The fraction of sp³-hybridized carbons (Fsp3) is 0.412. The number of anilines is 1. The first-order valence-electron chi connectivity index (χ1n) is 8.53. The fourth-order valence-electron chi connectivity index (χ4n) is 2.96. The highest BCUT2D eigenvalue weighted by atomic mass is 32.2. The normalized spacial score (nSPS) is 18.4. The summed E-state index contributed by atoms with van der Waals surface area (Å²) < 4.78 is 52.9. The number of aliphatic hydroxyl groups is 1. The Kier molecular flexibility index (Phi) is 5.92. The Morgan fingerprint density at radius 3 is 2.52 bits per heavy atom. The van der Waals surface area contributed by atoms with E-state index in [1.54, 1.807) is 0 Å². The van der Waals surface area contributed by atoms with Crippen LogP contribution in [0.25, 0.3) is 0 Å². The predicted octanol–water partition coefficient (Wildman–Crippen LogP) is 2.00. The third-order valence-corrected chi connectivity index (χ3v) is 8.88. The maximum absolute atomic E-state index is 12.5. The van der Waals surface area contributed by atoms with Crippen LogP contribution in [-0.4, -0.2) is 40.8 Å². The Balaban J connectivity index is 1.71. The van der Waals surface area contributed by atoms with Crippen molar-refractivity contribution in [3.8, 4) is 0 Å². The smallest absolute Gasteiger partial charge is 0.240 e. The van der Waals surface area contributed by atoms with Crippen LogP contribution >= 0.6 is 11.3 Å². The van der Waals surface area contributed by atoms with Gasteiger partial charge in [0.05, 0.1) is 16.3 Å². The molecule has 27 heavy (non-hydrogen) atoms. The number of hydrogen-bond acceptors (Lipinski definition) is 6. The van der Waals surface area contributed by atoms with Crippen molar-refractivity contribution in [2.45, 2.75) is 30.8 Å². The van der Waals surface area contributed by atoms with Crippen molar-refractivity contribution in [1.82, 2.24) is 4.72 Å². The Bertz CT molecular complexity index is 997. The number of benzene rings is 1. The van der Waals surface area contributed by atoms with Gasteiger partial charge in [-0.1, -0.05) is 0 Å². The zero-order chi connectivity index (χ0) is 19.7. The van der Waals surface area contributed by atoms with Gasteiger partial charge in [0.1, 0.15) is 6.10 Å². The lowest BCUT2D eigenvalue weighted by Crippen LogP contribution is -2.37. The summed E-state index contributed by atoms with van der Waals surface area (Å²) >= 11 is 1.37. The second-order valence-electron chi connectivity index (χ2n) is 6.42. The van der Waals surface area contributed by atoms with Gasteiger partial charge in [-0.15, -0.1) is 11.3 Å². The summed E-state index contributed by atoms with van der Waals surface area (Å²) in [6, 6.07) is 7.62. The van der Waals surface area contributed by atoms with E-state index >= 15 is 0 Å². The molecule has 0 amide bonds. The molecule has 2 aromatic rings. The summed E-state index contributed by atoms with van der Waals surface area (Å²) in [4.78, 5) is 0.749. The van der Waals surface area contributed by atoms with E-state index in [0.29, 0.717) is 18.7 Å². The van der Waals surface area contributed by atoms with E-state index in [2.05, 4.69) is 4.72 Å². The van der Waals surface area contributed by atoms with Gasteiger partial charge in [-0.25, -0.2) is 21.6 Å². The number of sulfonamides is 2. The number of nitrogens with zero attached hydrogens (tertiary/aromatic N) is 1. The summed E-state index contributed by atoms with van der Waals surface area (Å²) in [6.07, 6.45) is 0.500. The number of rotatable bonds is 6. The molecule has 0 radical (unpaired) electrons. The van der Waals surface area contributed by atoms with Crippen LogP contribution in [0.3, 0.4) is 0 Å². The standard InChI is InChI=1S/C17H22N2O5S3/c1-13-8-10-25-17(13)16(20)12-18-27(23,24)15-6-4-14(5-7-15)19-9-2-3-11-26(19,21)22/h4-8,10,16,18,20H,2-3,9,11-12H2,1H3. The summed E-state index contributed by atoms with van der Waals surface area (Å²) in [6.45, 7) is 2.13. The number of aryl methyl sites for hydroxylation is 1. The van der Waals surface area contributed by atoms with Crippen molar-refractivity contribution in [3.63, 3.8) is 0 Å². The van der Waals surface area contributed by atoms with E-state index < -0.39 is 26.2 Å². The zero-order valence-corrected chi connectivity index (χ0v) is 17.3. The van der Waals surface area contributed by atoms with Crippen LogP contribution < -0.4 is 9.03 Å². The van der Waals surface area contributed by atoms with E-state index in [4.69, 9.17) is 0 Å². The topological polar surface area (TPSA) is 104 Å². The molecule has 0 saturated carbocycles. The molecule has 1 fully saturated rings. The molecule has 1 unspecified atom stereocenters. The van der Waals surface area contributed by atoms with Gasteiger partial charge in [0.2, 0.25) is 20.0 Å². The van der Waals surface area contributed by atoms with Crippen molar-refractivity contribution in [2.24, 2.45) is 0 Å². The third kappa shape index (κ3) is 4.52. The van der Waals surface area contributed by atoms with E-state index in [1.807, 2.05) is 18.4 Å². The van der Waals surface area contributed by atoms with Crippen molar-refractivity contribution >= 4 is 37.1 Å². The molecule has 148 valence electrons. The van der Waals surface area contributed by atoms with Crippen LogP contribution in [0.1, 0.15) is 29.4 Å². The van der Waals surface area contributed by atoms with Crippen LogP contribution in [0, 0.1) is 6.92 Å². The van der Waals surface area contributed by atoms with Gasteiger partial charge >= 0.3 is 0 Å². The Labute approximate surface area is 163 Å². The molecule has 1 atom stereocenters. The zero-order valence-electron chi connectivity index (χ0n) is 14.8. The molecule has 3 rings (SSSR count). The highest BCUT2D eigenvalue weighted by molar-refractivity contribution is 7.92. The molecule has 1 aliphatic rings. The molecular formula is C17H22N2O5S3. The van der Waals surface area contributed by atoms with Gasteiger partial charge in [-0.3, -0.25) is 4.31 Å². The van der Waals surface area contributed by atoms with Crippen molar-refractivity contribution in [1.29, 1.82) is 0 Å². The Morgan fingerprint density at radius 1 is 1.22 bits per heavy atom. The molecule has 1 aliphatic heterocycles. The van der Waals surface area contributed by atoms with E-state index in [9.17, 15) is 21.9 Å². The van der Waals surface area contributed by atoms with E-state index in [-0.39, 0.29) is 17.2 Å². The fourth-order valence-corrected chi connectivity index (χ4v) is 6.55. The number of hydrogen-bond donors (Lipinski definition) is 2. The van der Waals surface area contributed by atoms with Crippen LogP contribution in [0.2, 0.25) is 0 Å². The number of aliphatic hydroxyl groups excluding tert-OH is 1. The third-order valence-electron chi connectivity index (χ3n) is 4.46. The molecule has 1 saturated heterocycles. The van der Waals surface area contributed by atoms with Crippen molar-refractivity contribution < 1.29 is 21.9 Å². The predicted molar refractivity (Wildman–Crippen MR) is 106 cm³/mol. The van der Waals surface area contributed by atoms with Crippen LogP contribution in [0.4, 0.5) is 5.69 Å². The molecular weight excluding hydrogens is 408 g/mol. The van der Waals surface area contributed by atoms with Crippen molar-refractivity contribution in [2.75, 3.05) is 23.1 Å². The lowest BCUT2D eigenvalue weighted by Gasteiger charge is -2.28. The lowest BCUT2D eigenvalue weighted by molar-refractivity contribution is 0.185. The van der Waals surface area contributed by atoms with Gasteiger partial charge < -0.3 is 5.11 Å². The highest BCUT2D eigenvalue weighted by Gasteiger charge is 2.26. The largest absolute Gasteiger partial charge is 0.386 e. The Morgan fingerprint density at radius 2 is 1.93 bits per heavy atom. The molecule has 0 aliphatic carbocycles. The van der Waals surface area contributed by atoms with Crippen molar-refractivity contribution in [3.05, 3.63) is 46.2 Å². The van der Waals surface area contributed by atoms with Gasteiger partial charge in [-0.05, 0) is 61.0 Å². The minimum Gasteiger partial charge on any atom is -0.386 e. The second kappa shape index (κ2) is 7.88. The lowest BCUT2D eigenvalue weighted by atomic mass is 10.2.